The Labute approximate surface area is 136 Å². The molecule has 0 unspecified atom stereocenters. The van der Waals surface area contributed by atoms with Crippen LogP contribution in [0.25, 0.3) is 0 Å². The van der Waals surface area contributed by atoms with Gasteiger partial charge in [-0.1, -0.05) is 35.9 Å². The molecule has 1 atom stereocenters. The lowest BCUT2D eigenvalue weighted by Crippen LogP contribution is -2.41. The van der Waals surface area contributed by atoms with Crippen molar-refractivity contribution in [3.8, 4) is 0 Å². The summed E-state index contributed by atoms with van der Waals surface area (Å²) in [6.45, 7) is 1.95. The van der Waals surface area contributed by atoms with Crippen LogP contribution in [-0.4, -0.2) is 26.1 Å². The average Bonchev–Trinajstić information content (AvgIpc) is 2.89. The van der Waals surface area contributed by atoms with E-state index >= 15 is 0 Å². The molecular formula is C18H17NO3S. The van der Waals surface area contributed by atoms with E-state index in [1.54, 1.807) is 23.1 Å². The SMILES string of the molecule is Cc1ccc(C(=O)N(c2ccccc2)[C@H]2C=CS(=O)(=O)C2)cc1. The molecule has 23 heavy (non-hydrogen) atoms. The standard InChI is InChI=1S/C18H17NO3S/c1-14-7-9-15(10-8-14)18(20)19(16-5-3-2-4-6-16)17-11-12-23(21,22)13-17/h2-12,17H,13H2,1H3/t17-/m0/s1. The minimum atomic E-state index is -3.25. The first-order chi connectivity index (χ1) is 11.0. The van der Waals surface area contributed by atoms with Gasteiger partial charge in [-0.25, -0.2) is 8.42 Å². The van der Waals surface area contributed by atoms with Crippen LogP contribution in [0.2, 0.25) is 0 Å². The molecule has 0 aromatic heterocycles. The highest BCUT2D eigenvalue weighted by molar-refractivity contribution is 7.94. The van der Waals surface area contributed by atoms with Crippen LogP contribution >= 0.6 is 0 Å². The second-order valence-electron chi connectivity index (χ2n) is 5.60. The van der Waals surface area contributed by atoms with E-state index in [-0.39, 0.29) is 11.7 Å². The third-order valence-electron chi connectivity index (χ3n) is 3.79. The predicted octanol–water partition coefficient (Wildman–Crippen LogP) is 2.95. The Morgan fingerprint density at radius 1 is 1.04 bits per heavy atom. The Morgan fingerprint density at radius 2 is 1.70 bits per heavy atom. The van der Waals surface area contributed by atoms with Crippen LogP contribution in [0.5, 0.6) is 0 Å². The van der Waals surface area contributed by atoms with Gasteiger partial charge in [0, 0.05) is 16.7 Å². The second kappa shape index (κ2) is 6.01. The lowest BCUT2D eigenvalue weighted by Gasteiger charge is -2.27. The topological polar surface area (TPSA) is 54.5 Å². The number of carbonyl (C=O) groups excluding carboxylic acids is 1. The molecule has 0 spiro atoms. The molecule has 2 aromatic rings. The zero-order chi connectivity index (χ0) is 16.4. The Bertz CT molecular complexity index is 840. The van der Waals surface area contributed by atoms with Crippen LogP contribution in [0.4, 0.5) is 5.69 Å². The molecular weight excluding hydrogens is 310 g/mol. The Hall–Kier alpha value is -2.40. The van der Waals surface area contributed by atoms with Crippen LogP contribution < -0.4 is 4.90 Å². The summed E-state index contributed by atoms with van der Waals surface area (Å²) in [6, 6.07) is 15.9. The normalized spacial score (nSPS) is 18.7. The first kappa shape index (κ1) is 15.5. The van der Waals surface area contributed by atoms with E-state index in [0.29, 0.717) is 11.3 Å². The number of nitrogens with zero attached hydrogens (tertiary/aromatic N) is 1. The van der Waals surface area contributed by atoms with E-state index in [0.717, 1.165) is 5.56 Å². The molecule has 1 amide bonds. The number of para-hydroxylation sites is 1. The van der Waals surface area contributed by atoms with Crippen molar-refractivity contribution in [2.75, 3.05) is 10.7 Å². The van der Waals surface area contributed by atoms with Gasteiger partial charge in [-0.15, -0.1) is 0 Å². The van der Waals surface area contributed by atoms with Gasteiger partial charge in [0.2, 0.25) is 0 Å². The van der Waals surface area contributed by atoms with E-state index < -0.39 is 15.9 Å². The molecule has 2 aromatic carbocycles. The number of sulfone groups is 1. The van der Waals surface area contributed by atoms with Crippen molar-refractivity contribution in [1.29, 1.82) is 0 Å². The van der Waals surface area contributed by atoms with Crippen molar-refractivity contribution in [3.05, 3.63) is 77.2 Å². The van der Waals surface area contributed by atoms with Crippen molar-refractivity contribution in [2.45, 2.75) is 13.0 Å². The highest BCUT2D eigenvalue weighted by Gasteiger charge is 2.31. The van der Waals surface area contributed by atoms with Gasteiger partial charge in [0.1, 0.15) is 0 Å². The van der Waals surface area contributed by atoms with Gasteiger partial charge in [0.25, 0.3) is 5.91 Å². The van der Waals surface area contributed by atoms with Crippen LogP contribution in [0.1, 0.15) is 15.9 Å². The highest BCUT2D eigenvalue weighted by atomic mass is 32.2. The molecule has 5 heteroatoms. The first-order valence-electron chi connectivity index (χ1n) is 7.32. The van der Waals surface area contributed by atoms with Crippen molar-refractivity contribution < 1.29 is 13.2 Å². The van der Waals surface area contributed by atoms with Crippen LogP contribution in [0.15, 0.2) is 66.1 Å². The fourth-order valence-corrected chi connectivity index (χ4v) is 3.87. The molecule has 1 heterocycles. The maximum absolute atomic E-state index is 13.0. The Balaban J connectivity index is 2.00. The van der Waals surface area contributed by atoms with Crippen molar-refractivity contribution in [3.63, 3.8) is 0 Å². The summed E-state index contributed by atoms with van der Waals surface area (Å²) in [5.74, 6) is -0.289. The van der Waals surface area contributed by atoms with E-state index in [9.17, 15) is 13.2 Å². The molecule has 0 saturated heterocycles. The number of anilines is 1. The maximum atomic E-state index is 13.0. The number of hydrogen-bond donors (Lipinski definition) is 0. The van der Waals surface area contributed by atoms with Gasteiger partial charge in [-0.2, -0.15) is 0 Å². The van der Waals surface area contributed by atoms with Crippen LogP contribution in [0.3, 0.4) is 0 Å². The van der Waals surface area contributed by atoms with Crippen molar-refractivity contribution in [2.24, 2.45) is 0 Å². The maximum Gasteiger partial charge on any atom is 0.258 e. The van der Waals surface area contributed by atoms with E-state index in [2.05, 4.69) is 0 Å². The van der Waals surface area contributed by atoms with Gasteiger partial charge >= 0.3 is 0 Å². The quantitative estimate of drug-likeness (QED) is 0.871. The zero-order valence-corrected chi connectivity index (χ0v) is 13.5. The molecule has 0 aliphatic carbocycles. The monoisotopic (exact) mass is 327 g/mol. The number of aryl methyl sites for hydroxylation is 1. The van der Waals surface area contributed by atoms with E-state index in [1.807, 2.05) is 49.4 Å². The van der Waals surface area contributed by atoms with E-state index in [4.69, 9.17) is 0 Å². The Kier molecular flexibility index (Phi) is 4.05. The van der Waals surface area contributed by atoms with Gasteiger partial charge in [-0.3, -0.25) is 4.79 Å². The van der Waals surface area contributed by atoms with Crippen molar-refractivity contribution in [1.82, 2.24) is 0 Å². The van der Waals surface area contributed by atoms with E-state index in [1.165, 1.54) is 5.41 Å². The first-order valence-corrected chi connectivity index (χ1v) is 9.04. The lowest BCUT2D eigenvalue weighted by molar-refractivity contribution is 0.0983. The number of rotatable bonds is 3. The zero-order valence-electron chi connectivity index (χ0n) is 12.7. The van der Waals surface area contributed by atoms with Crippen molar-refractivity contribution >= 4 is 21.4 Å². The fraction of sp³-hybridized carbons (Fsp3) is 0.167. The summed E-state index contributed by atoms with van der Waals surface area (Å²) >= 11 is 0. The van der Waals surface area contributed by atoms with Crippen LogP contribution in [0, 0.1) is 6.92 Å². The molecule has 4 nitrogen and oxygen atoms in total. The smallest absolute Gasteiger partial charge is 0.258 e. The molecule has 3 rings (SSSR count). The third-order valence-corrected chi connectivity index (χ3v) is 5.17. The lowest BCUT2D eigenvalue weighted by atomic mass is 10.1. The average molecular weight is 327 g/mol. The molecule has 0 radical (unpaired) electrons. The van der Waals surface area contributed by atoms with Gasteiger partial charge in [0.15, 0.2) is 9.84 Å². The summed E-state index contributed by atoms with van der Waals surface area (Å²) in [4.78, 5) is 14.5. The van der Waals surface area contributed by atoms with Gasteiger partial charge in [0.05, 0.1) is 11.8 Å². The second-order valence-corrected chi connectivity index (χ2v) is 7.53. The summed E-state index contributed by atoms with van der Waals surface area (Å²) in [5, 5.41) is 1.19. The number of benzene rings is 2. The predicted molar refractivity (Wildman–Crippen MR) is 91.1 cm³/mol. The molecule has 0 bridgehead atoms. The molecule has 1 aliphatic heterocycles. The molecule has 0 saturated carbocycles. The number of amides is 1. The summed E-state index contributed by atoms with van der Waals surface area (Å²) < 4.78 is 23.5. The third kappa shape index (κ3) is 3.35. The largest absolute Gasteiger partial charge is 0.300 e. The minimum absolute atomic E-state index is 0.0838. The molecule has 0 N–H and O–H groups in total. The Morgan fingerprint density at radius 3 is 2.26 bits per heavy atom. The molecule has 1 aliphatic rings. The summed E-state index contributed by atoms with van der Waals surface area (Å²) in [7, 11) is -3.25. The summed E-state index contributed by atoms with van der Waals surface area (Å²) in [5.41, 5.74) is 2.29. The van der Waals surface area contributed by atoms with Gasteiger partial charge in [-0.05, 0) is 37.3 Å². The number of carbonyl (C=O) groups is 1. The highest BCUT2D eigenvalue weighted by Crippen LogP contribution is 2.24. The van der Waals surface area contributed by atoms with Crippen LogP contribution in [-0.2, 0) is 9.84 Å². The molecule has 118 valence electrons. The summed E-state index contributed by atoms with van der Waals surface area (Å²) in [6.07, 6.45) is 1.58. The molecule has 0 fully saturated rings. The fourth-order valence-electron chi connectivity index (χ4n) is 2.60. The minimum Gasteiger partial charge on any atom is -0.300 e. The van der Waals surface area contributed by atoms with Gasteiger partial charge < -0.3 is 4.90 Å². The number of hydrogen-bond acceptors (Lipinski definition) is 3.